The van der Waals surface area contributed by atoms with E-state index in [0.29, 0.717) is 6.04 Å². The molecule has 0 bridgehead atoms. The maximum atomic E-state index is 3.25. The van der Waals surface area contributed by atoms with E-state index in [1.807, 2.05) is 7.05 Å². The first kappa shape index (κ1) is 15.5. The summed E-state index contributed by atoms with van der Waals surface area (Å²) >= 11 is 0. The van der Waals surface area contributed by atoms with Crippen molar-refractivity contribution in [3.05, 3.63) is 35.4 Å². The van der Waals surface area contributed by atoms with E-state index in [9.17, 15) is 0 Å². The Hall–Kier alpha value is -0.900. The molecule has 1 heterocycles. The van der Waals surface area contributed by atoms with Crippen molar-refractivity contribution in [3.8, 4) is 0 Å². The van der Waals surface area contributed by atoms with Crippen LogP contribution in [0.1, 0.15) is 24.0 Å². The van der Waals surface area contributed by atoms with Crippen LogP contribution in [0.4, 0.5) is 0 Å². The van der Waals surface area contributed by atoms with Crippen LogP contribution in [0.2, 0.25) is 0 Å². The lowest BCUT2D eigenvalue weighted by molar-refractivity contribution is 0.129. The van der Waals surface area contributed by atoms with Gasteiger partial charge >= 0.3 is 0 Å². The second-order valence-electron chi connectivity index (χ2n) is 6.10. The van der Waals surface area contributed by atoms with Gasteiger partial charge in [-0.2, -0.15) is 0 Å². The molecule has 112 valence electrons. The average molecular weight is 275 g/mol. The predicted molar refractivity (Wildman–Crippen MR) is 86.1 cm³/mol. The largest absolute Gasteiger partial charge is 0.319 e. The summed E-state index contributed by atoms with van der Waals surface area (Å²) in [4.78, 5) is 4.99. The van der Waals surface area contributed by atoms with Crippen molar-refractivity contribution in [2.45, 2.75) is 31.8 Å². The van der Waals surface area contributed by atoms with E-state index in [4.69, 9.17) is 0 Å². The van der Waals surface area contributed by atoms with Gasteiger partial charge in [-0.25, -0.2) is 0 Å². The highest BCUT2D eigenvalue weighted by Crippen LogP contribution is 2.18. The van der Waals surface area contributed by atoms with Gasteiger partial charge in [0.05, 0.1) is 0 Å². The Kier molecular flexibility index (Phi) is 6.02. The quantitative estimate of drug-likeness (QED) is 0.856. The third-order valence-corrected chi connectivity index (χ3v) is 4.41. The summed E-state index contributed by atoms with van der Waals surface area (Å²) in [5, 5.41) is 3.25. The molecule has 1 unspecified atom stereocenters. The van der Waals surface area contributed by atoms with E-state index in [-0.39, 0.29) is 0 Å². The van der Waals surface area contributed by atoms with Crippen molar-refractivity contribution < 1.29 is 0 Å². The zero-order valence-corrected chi connectivity index (χ0v) is 13.2. The molecule has 1 aliphatic heterocycles. The standard InChI is InChI=1S/C17H29N3/c1-18-11-10-15-7-4-5-8-16(15)13-20(3)17-9-6-12-19(2)14-17/h4-5,7-8,17-18H,6,9-14H2,1-3H3. The Bertz CT molecular complexity index is 405. The number of likely N-dealkylation sites (N-methyl/N-ethyl adjacent to an activating group) is 3. The van der Waals surface area contributed by atoms with Crippen molar-refractivity contribution >= 4 is 0 Å². The molecule has 1 fully saturated rings. The minimum Gasteiger partial charge on any atom is -0.319 e. The first-order valence-electron chi connectivity index (χ1n) is 7.81. The third-order valence-electron chi connectivity index (χ3n) is 4.41. The molecule has 0 radical (unpaired) electrons. The lowest BCUT2D eigenvalue weighted by atomic mass is 10.0. The molecule has 3 nitrogen and oxygen atoms in total. The fraction of sp³-hybridized carbons (Fsp3) is 0.647. The van der Waals surface area contributed by atoms with E-state index < -0.39 is 0 Å². The number of benzene rings is 1. The molecule has 0 aromatic heterocycles. The number of hydrogen-bond acceptors (Lipinski definition) is 3. The molecule has 0 spiro atoms. The van der Waals surface area contributed by atoms with E-state index in [1.54, 1.807) is 0 Å². The van der Waals surface area contributed by atoms with Gasteiger partial charge in [-0.05, 0) is 64.6 Å². The molecule has 0 aliphatic carbocycles. The molecule has 1 saturated heterocycles. The highest BCUT2D eigenvalue weighted by molar-refractivity contribution is 5.27. The smallest absolute Gasteiger partial charge is 0.0236 e. The Labute approximate surface area is 124 Å². The molecule has 2 rings (SSSR count). The monoisotopic (exact) mass is 275 g/mol. The van der Waals surface area contributed by atoms with Gasteiger partial charge in [0.2, 0.25) is 0 Å². The van der Waals surface area contributed by atoms with Gasteiger partial charge in [0.15, 0.2) is 0 Å². The van der Waals surface area contributed by atoms with Crippen molar-refractivity contribution in [3.63, 3.8) is 0 Å². The van der Waals surface area contributed by atoms with Gasteiger partial charge in [0.25, 0.3) is 0 Å². The number of piperidine rings is 1. The van der Waals surface area contributed by atoms with Crippen molar-refractivity contribution in [2.24, 2.45) is 0 Å². The van der Waals surface area contributed by atoms with Gasteiger partial charge in [-0.15, -0.1) is 0 Å². The molecule has 1 aliphatic rings. The number of hydrogen-bond donors (Lipinski definition) is 1. The summed E-state index contributed by atoms with van der Waals surface area (Å²) in [7, 11) is 6.53. The summed E-state index contributed by atoms with van der Waals surface area (Å²) < 4.78 is 0. The Morgan fingerprint density at radius 3 is 2.75 bits per heavy atom. The van der Waals surface area contributed by atoms with Crippen LogP contribution in [0.5, 0.6) is 0 Å². The molecule has 1 aromatic rings. The first-order valence-corrected chi connectivity index (χ1v) is 7.81. The highest BCUT2D eigenvalue weighted by Gasteiger charge is 2.21. The van der Waals surface area contributed by atoms with Crippen LogP contribution >= 0.6 is 0 Å². The highest BCUT2D eigenvalue weighted by atomic mass is 15.2. The van der Waals surface area contributed by atoms with E-state index in [0.717, 1.165) is 19.5 Å². The molecule has 0 saturated carbocycles. The topological polar surface area (TPSA) is 18.5 Å². The summed E-state index contributed by atoms with van der Waals surface area (Å²) in [6.45, 7) is 4.57. The average Bonchev–Trinajstić information content (AvgIpc) is 2.46. The van der Waals surface area contributed by atoms with Crippen LogP contribution < -0.4 is 5.32 Å². The van der Waals surface area contributed by atoms with Crippen LogP contribution in [-0.2, 0) is 13.0 Å². The van der Waals surface area contributed by atoms with Crippen LogP contribution in [0.3, 0.4) is 0 Å². The third kappa shape index (κ3) is 4.30. The summed E-state index contributed by atoms with van der Waals surface area (Å²) in [6.07, 6.45) is 3.78. The lowest BCUT2D eigenvalue weighted by Gasteiger charge is -2.36. The maximum absolute atomic E-state index is 3.25. The zero-order chi connectivity index (χ0) is 14.4. The second-order valence-corrected chi connectivity index (χ2v) is 6.10. The fourth-order valence-corrected chi connectivity index (χ4v) is 3.11. The van der Waals surface area contributed by atoms with Crippen LogP contribution in [0, 0.1) is 0 Å². The zero-order valence-electron chi connectivity index (χ0n) is 13.2. The Morgan fingerprint density at radius 2 is 2.05 bits per heavy atom. The molecular formula is C17H29N3. The van der Waals surface area contributed by atoms with Gasteiger partial charge in [0.1, 0.15) is 0 Å². The fourth-order valence-electron chi connectivity index (χ4n) is 3.11. The minimum absolute atomic E-state index is 0.700. The molecule has 20 heavy (non-hydrogen) atoms. The van der Waals surface area contributed by atoms with Crippen molar-refractivity contribution in [1.82, 2.24) is 15.1 Å². The molecule has 1 atom stereocenters. The summed E-state index contributed by atoms with van der Waals surface area (Å²) in [5.41, 5.74) is 2.97. The number of nitrogens with zero attached hydrogens (tertiary/aromatic N) is 2. The van der Waals surface area contributed by atoms with Crippen LogP contribution in [0.25, 0.3) is 0 Å². The molecule has 0 amide bonds. The Balaban J connectivity index is 1.97. The first-order chi connectivity index (χ1) is 9.70. The number of nitrogens with one attached hydrogen (secondary N) is 1. The molecule has 3 heteroatoms. The molecular weight excluding hydrogens is 246 g/mol. The van der Waals surface area contributed by atoms with Gasteiger partial charge in [-0.1, -0.05) is 24.3 Å². The SMILES string of the molecule is CNCCc1ccccc1CN(C)C1CCCN(C)C1. The predicted octanol–water partition coefficient (Wildman–Crippen LogP) is 1.97. The lowest BCUT2D eigenvalue weighted by Crippen LogP contribution is -2.44. The van der Waals surface area contributed by atoms with E-state index >= 15 is 0 Å². The summed E-state index contributed by atoms with van der Waals surface area (Å²) in [5.74, 6) is 0. The van der Waals surface area contributed by atoms with E-state index in [2.05, 4.69) is 53.5 Å². The minimum atomic E-state index is 0.700. The van der Waals surface area contributed by atoms with Crippen LogP contribution in [0.15, 0.2) is 24.3 Å². The number of likely N-dealkylation sites (tertiary alicyclic amines) is 1. The van der Waals surface area contributed by atoms with Gasteiger partial charge < -0.3 is 10.2 Å². The van der Waals surface area contributed by atoms with Gasteiger partial charge in [0, 0.05) is 19.1 Å². The van der Waals surface area contributed by atoms with E-state index in [1.165, 1.54) is 37.1 Å². The Morgan fingerprint density at radius 1 is 1.30 bits per heavy atom. The maximum Gasteiger partial charge on any atom is 0.0236 e. The van der Waals surface area contributed by atoms with Crippen LogP contribution in [-0.4, -0.2) is 56.6 Å². The van der Waals surface area contributed by atoms with Crippen molar-refractivity contribution in [1.29, 1.82) is 0 Å². The molecule has 1 aromatic carbocycles. The second kappa shape index (κ2) is 7.77. The van der Waals surface area contributed by atoms with Gasteiger partial charge in [-0.3, -0.25) is 4.90 Å². The normalized spacial score (nSPS) is 20.5. The summed E-state index contributed by atoms with van der Waals surface area (Å²) in [6, 6.07) is 9.58. The van der Waals surface area contributed by atoms with Crippen molar-refractivity contribution in [2.75, 3.05) is 40.8 Å². The molecule has 1 N–H and O–H groups in total. The number of rotatable bonds is 6.